The minimum absolute atomic E-state index is 0.134. The standard InChI is InChI=1S/C18H15ClN2O5/c1-23-14-6-8-15(9-7-14)24-11-17(22)25-10-16-20-21-18(26-16)12-2-4-13(19)5-3-12/h2-9H,10-11H2,1H3. The van der Waals surface area contributed by atoms with E-state index in [2.05, 4.69) is 10.2 Å². The molecule has 0 unspecified atom stereocenters. The first-order valence-corrected chi connectivity index (χ1v) is 8.02. The lowest BCUT2D eigenvalue weighted by molar-refractivity contribution is -0.148. The second kappa shape index (κ2) is 8.35. The fourth-order valence-corrected chi connectivity index (χ4v) is 2.15. The van der Waals surface area contributed by atoms with Gasteiger partial charge in [-0.2, -0.15) is 0 Å². The van der Waals surface area contributed by atoms with Crippen LogP contribution >= 0.6 is 11.6 Å². The maximum atomic E-state index is 11.8. The van der Waals surface area contributed by atoms with E-state index in [4.69, 9.17) is 30.2 Å². The van der Waals surface area contributed by atoms with Gasteiger partial charge in [0.2, 0.25) is 5.89 Å². The van der Waals surface area contributed by atoms with Crippen molar-refractivity contribution < 1.29 is 23.4 Å². The third-order valence-corrected chi connectivity index (χ3v) is 3.58. The van der Waals surface area contributed by atoms with Gasteiger partial charge in [0.1, 0.15) is 11.5 Å². The Kier molecular flexibility index (Phi) is 5.70. The molecule has 134 valence electrons. The van der Waals surface area contributed by atoms with E-state index in [0.717, 1.165) is 5.56 Å². The number of esters is 1. The Bertz CT molecular complexity index is 862. The number of nitrogens with zero attached hydrogens (tertiary/aromatic N) is 2. The van der Waals surface area contributed by atoms with Crippen molar-refractivity contribution in [2.75, 3.05) is 13.7 Å². The summed E-state index contributed by atoms with van der Waals surface area (Å²) in [7, 11) is 1.57. The molecule has 0 atom stereocenters. The Morgan fingerprint density at radius 1 is 1.04 bits per heavy atom. The lowest BCUT2D eigenvalue weighted by Crippen LogP contribution is -2.14. The van der Waals surface area contributed by atoms with Gasteiger partial charge in [-0.25, -0.2) is 4.79 Å². The van der Waals surface area contributed by atoms with Crippen LogP contribution in [0.2, 0.25) is 5.02 Å². The zero-order valence-electron chi connectivity index (χ0n) is 13.8. The summed E-state index contributed by atoms with van der Waals surface area (Å²) in [6.45, 7) is -0.365. The number of methoxy groups -OCH3 is 1. The smallest absolute Gasteiger partial charge is 0.344 e. The highest BCUT2D eigenvalue weighted by Gasteiger charge is 2.11. The Morgan fingerprint density at radius 2 is 1.73 bits per heavy atom. The van der Waals surface area contributed by atoms with Gasteiger partial charge in [0, 0.05) is 10.6 Å². The Labute approximate surface area is 154 Å². The molecule has 0 aliphatic carbocycles. The molecule has 0 saturated heterocycles. The van der Waals surface area contributed by atoms with E-state index in [1.54, 1.807) is 55.6 Å². The molecular weight excluding hydrogens is 360 g/mol. The topological polar surface area (TPSA) is 83.7 Å². The summed E-state index contributed by atoms with van der Waals surface area (Å²) in [5.41, 5.74) is 0.724. The van der Waals surface area contributed by atoms with Gasteiger partial charge in [0.25, 0.3) is 5.89 Å². The van der Waals surface area contributed by atoms with E-state index < -0.39 is 5.97 Å². The summed E-state index contributed by atoms with van der Waals surface area (Å²) in [5.74, 6) is 1.19. The highest BCUT2D eigenvalue weighted by Crippen LogP contribution is 2.20. The van der Waals surface area contributed by atoms with Crippen molar-refractivity contribution in [2.45, 2.75) is 6.61 Å². The van der Waals surface area contributed by atoms with Crippen LogP contribution in [0.1, 0.15) is 5.89 Å². The first-order chi connectivity index (χ1) is 12.6. The van der Waals surface area contributed by atoms with Crippen LogP contribution in [0.5, 0.6) is 11.5 Å². The quantitative estimate of drug-likeness (QED) is 0.585. The Morgan fingerprint density at radius 3 is 2.42 bits per heavy atom. The maximum Gasteiger partial charge on any atom is 0.344 e. The van der Waals surface area contributed by atoms with E-state index in [1.165, 1.54) is 0 Å². The molecule has 3 rings (SSSR count). The third kappa shape index (κ3) is 4.73. The van der Waals surface area contributed by atoms with Gasteiger partial charge in [0.15, 0.2) is 13.2 Å². The summed E-state index contributed by atoms with van der Waals surface area (Å²) in [6.07, 6.45) is 0. The van der Waals surface area contributed by atoms with Crippen molar-refractivity contribution in [2.24, 2.45) is 0 Å². The lowest BCUT2D eigenvalue weighted by Gasteiger charge is -2.06. The molecule has 0 N–H and O–H groups in total. The van der Waals surface area contributed by atoms with Crippen molar-refractivity contribution in [1.29, 1.82) is 0 Å². The molecule has 0 fully saturated rings. The van der Waals surface area contributed by atoms with Crippen LogP contribution in [0.3, 0.4) is 0 Å². The van der Waals surface area contributed by atoms with E-state index >= 15 is 0 Å². The summed E-state index contributed by atoms with van der Waals surface area (Å²) >= 11 is 5.84. The normalized spacial score (nSPS) is 10.4. The maximum absolute atomic E-state index is 11.8. The van der Waals surface area contributed by atoms with Gasteiger partial charge in [-0.3, -0.25) is 0 Å². The van der Waals surface area contributed by atoms with Gasteiger partial charge >= 0.3 is 5.97 Å². The average molecular weight is 375 g/mol. The molecule has 0 saturated carbocycles. The molecule has 1 aromatic heterocycles. The molecular formula is C18H15ClN2O5. The number of carbonyl (C=O) groups is 1. The van der Waals surface area contributed by atoms with Crippen molar-refractivity contribution in [3.63, 3.8) is 0 Å². The fourth-order valence-electron chi connectivity index (χ4n) is 2.02. The van der Waals surface area contributed by atoms with Gasteiger partial charge in [-0.05, 0) is 48.5 Å². The molecule has 7 nitrogen and oxygen atoms in total. The molecule has 0 bridgehead atoms. The van der Waals surface area contributed by atoms with Crippen LogP contribution in [0, 0.1) is 0 Å². The van der Waals surface area contributed by atoms with Crippen LogP contribution < -0.4 is 9.47 Å². The van der Waals surface area contributed by atoms with E-state index in [-0.39, 0.29) is 19.1 Å². The predicted octanol–water partition coefficient (Wildman–Crippen LogP) is 3.52. The highest BCUT2D eigenvalue weighted by atomic mass is 35.5. The molecule has 0 radical (unpaired) electrons. The third-order valence-electron chi connectivity index (χ3n) is 3.33. The van der Waals surface area contributed by atoms with Gasteiger partial charge in [-0.1, -0.05) is 11.6 Å². The molecule has 0 spiro atoms. The summed E-state index contributed by atoms with van der Waals surface area (Å²) in [5, 5.41) is 8.36. The van der Waals surface area contributed by atoms with Crippen LogP contribution in [-0.2, 0) is 16.1 Å². The lowest BCUT2D eigenvalue weighted by atomic mass is 10.2. The minimum Gasteiger partial charge on any atom is -0.497 e. The van der Waals surface area contributed by atoms with Crippen LogP contribution in [0.15, 0.2) is 52.9 Å². The Balaban J connectivity index is 1.47. The predicted molar refractivity (Wildman–Crippen MR) is 93.0 cm³/mol. The zero-order chi connectivity index (χ0) is 18.4. The molecule has 26 heavy (non-hydrogen) atoms. The zero-order valence-corrected chi connectivity index (χ0v) is 14.6. The summed E-state index contributed by atoms with van der Waals surface area (Å²) in [4.78, 5) is 11.8. The number of hydrogen-bond acceptors (Lipinski definition) is 7. The molecule has 2 aromatic carbocycles. The van der Waals surface area contributed by atoms with Crippen molar-refractivity contribution in [1.82, 2.24) is 10.2 Å². The molecule has 3 aromatic rings. The fraction of sp³-hybridized carbons (Fsp3) is 0.167. The van der Waals surface area contributed by atoms with Gasteiger partial charge in [0.05, 0.1) is 7.11 Å². The van der Waals surface area contributed by atoms with Crippen molar-refractivity contribution >= 4 is 17.6 Å². The molecule has 0 amide bonds. The van der Waals surface area contributed by atoms with Gasteiger partial charge in [-0.15, -0.1) is 10.2 Å². The van der Waals surface area contributed by atoms with Gasteiger partial charge < -0.3 is 18.6 Å². The van der Waals surface area contributed by atoms with E-state index in [9.17, 15) is 4.79 Å². The van der Waals surface area contributed by atoms with Crippen molar-refractivity contribution in [3.8, 4) is 23.0 Å². The number of benzene rings is 2. The van der Waals surface area contributed by atoms with Crippen LogP contribution in [0.25, 0.3) is 11.5 Å². The second-order valence-electron chi connectivity index (χ2n) is 5.13. The first kappa shape index (κ1) is 17.8. The van der Waals surface area contributed by atoms with E-state index in [0.29, 0.717) is 22.4 Å². The molecule has 0 aliphatic heterocycles. The number of rotatable bonds is 7. The molecule has 8 heteroatoms. The molecule has 0 aliphatic rings. The number of aromatic nitrogens is 2. The van der Waals surface area contributed by atoms with Crippen LogP contribution in [0.4, 0.5) is 0 Å². The molecule has 1 heterocycles. The minimum atomic E-state index is -0.549. The summed E-state index contributed by atoms with van der Waals surface area (Å²) in [6, 6.07) is 13.8. The highest BCUT2D eigenvalue weighted by molar-refractivity contribution is 6.30. The summed E-state index contributed by atoms with van der Waals surface area (Å²) < 4.78 is 20.9. The number of hydrogen-bond donors (Lipinski definition) is 0. The number of carbonyl (C=O) groups excluding carboxylic acids is 1. The SMILES string of the molecule is COc1ccc(OCC(=O)OCc2nnc(-c3ccc(Cl)cc3)o2)cc1. The first-order valence-electron chi connectivity index (χ1n) is 7.65. The number of ether oxygens (including phenoxy) is 3. The average Bonchev–Trinajstić information content (AvgIpc) is 3.14. The number of halogens is 1. The Hall–Kier alpha value is -3.06. The largest absolute Gasteiger partial charge is 0.497 e. The second-order valence-corrected chi connectivity index (χ2v) is 5.57. The monoisotopic (exact) mass is 374 g/mol. The van der Waals surface area contributed by atoms with Crippen LogP contribution in [-0.4, -0.2) is 29.9 Å². The van der Waals surface area contributed by atoms with E-state index in [1.807, 2.05) is 0 Å². The van der Waals surface area contributed by atoms with Crippen molar-refractivity contribution in [3.05, 3.63) is 59.4 Å².